The van der Waals surface area contributed by atoms with Crippen LogP contribution in [0.3, 0.4) is 0 Å². The monoisotopic (exact) mass is 291 g/mol. The summed E-state index contributed by atoms with van der Waals surface area (Å²) in [5.41, 5.74) is 1.87. The van der Waals surface area contributed by atoms with Crippen LogP contribution in [-0.2, 0) is 4.74 Å². The number of ether oxygens (including phenoxy) is 1. The highest BCUT2D eigenvalue weighted by Crippen LogP contribution is 2.45. The maximum absolute atomic E-state index is 14.3. The van der Waals surface area contributed by atoms with Crippen LogP contribution in [0.25, 0.3) is 0 Å². The Hall–Kier alpha value is -0.930. The summed E-state index contributed by atoms with van der Waals surface area (Å²) in [5, 5.41) is 3.36. The summed E-state index contributed by atoms with van der Waals surface area (Å²) >= 11 is 0. The van der Waals surface area contributed by atoms with Crippen molar-refractivity contribution in [1.29, 1.82) is 0 Å². The van der Waals surface area contributed by atoms with Gasteiger partial charge in [-0.15, -0.1) is 0 Å². The maximum Gasteiger partial charge on any atom is 0.128 e. The molecule has 2 nitrogen and oxygen atoms in total. The molecule has 1 spiro atoms. The van der Waals surface area contributed by atoms with Gasteiger partial charge in [0.2, 0.25) is 0 Å². The van der Waals surface area contributed by atoms with Crippen molar-refractivity contribution in [2.75, 3.05) is 13.7 Å². The van der Waals surface area contributed by atoms with Crippen LogP contribution in [0.15, 0.2) is 18.2 Å². The van der Waals surface area contributed by atoms with Gasteiger partial charge in [-0.2, -0.15) is 0 Å². The molecular weight excluding hydrogens is 265 g/mol. The van der Waals surface area contributed by atoms with E-state index in [4.69, 9.17) is 4.74 Å². The highest BCUT2D eigenvalue weighted by molar-refractivity contribution is 5.27. The van der Waals surface area contributed by atoms with Crippen molar-refractivity contribution in [2.45, 2.75) is 57.1 Å². The lowest BCUT2D eigenvalue weighted by Gasteiger charge is -2.41. The van der Waals surface area contributed by atoms with Crippen LogP contribution in [0.4, 0.5) is 4.39 Å². The fourth-order valence-corrected chi connectivity index (χ4v) is 4.25. The Balaban J connectivity index is 1.82. The van der Waals surface area contributed by atoms with Gasteiger partial charge in [0.1, 0.15) is 5.82 Å². The first-order chi connectivity index (χ1) is 10.1. The van der Waals surface area contributed by atoms with Gasteiger partial charge in [-0.25, -0.2) is 4.39 Å². The van der Waals surface area contributed by atoms with E-state index < -0.39 is 0 Å². The zero-order chi connectivity index (χ0) is 14.9. The zero-order valence-corrected chi connectivity index (χ0v) is 13.1. The van der Waals surface area contributed by atoms with E-state index in [0.29, 0.717) is 5.92 Å². The number of rotatable bonds is 3. The molecule has 2 unspecified atom stereocenters. The summed E-state index contributed by atoms with van der Waals surface area (Å²) in [4.78, 5) is 0. The van der Waals surface area contributed by atoms with Gasteiger partial charge >= 0.3 is 0 Å². The van der Waals surface area contributed by atoms with Gasteiger partial charge in [-0.1, -0.05) is 25.0 Å². The van der Waals surface area contributed by atoms with Gasteiger partial charge < -0.3 is 10.1 Å². The second-order valence-corrected chi connectivity index (χ2v) is 6.78. The number of hydrogen-bond acceptors (Lipinski definition) is 2. The summed E-state index contributed by atoms with van der Waals surface area (Å²) in [6, 6.07) is 5.69. The molecule has 0 bridgehead atoms. The lowest BCUT2D eigenvalue weighted by Crippen LogP contribution is -2.41. The quantitative estimate of drug-likeness (QED) is 0.904. The molecule has 1 aliphatic heterocycles. The SMILES string of the molecule is CNC(c1ccc(C)cc1F)C1CCOC2(CCCC2)C1. The molecule has 116 valence electrons. The molecule has 0 amide bonds. The van der Waals surface area contributed by atoms with E-state index in [2.05, 4.69) is 5.32 Å². The van der Waals surface area contributed by atoms with E-state index in [9.17, 15) is 4.39 Å². The molecule has 1 saturated carbocycles. The fraction of sp³-hybridized carbons (Fsp3) is 0.667. The summed E-state index contributed by atoms with van der Waals surface area (Å²) in [6.45, 7) is 2.75. The Morgan fingerprint density at radius 3 is 2.76 bits per heavy atom. The summed E-state index contributed by atoms with van der Waals surface area (Å²) < 4.78 is 20.5. The first-order valence-electron chi connectivity index (χ1n) is 8.21. The van der Waals surface area contributed by atoms with Crippen LogP contribution < -0.4 is 5.32 Å². The Morgan fingerprint density at radius 1 is 1.33 bits per heavy atom. The Morgan fingerprint density at radius 2 is 2.10 bits per heavy atom. The van der Waals surface area contributed by atoms with Crippen molar-refractivity contribution in [3.05, 3.63) is 35.1 Å². The summed E-state index contributed by atoms with van der Waals surface area (Å²) in [5.74, 6) is 0.375. The van der Waals surface area contributed by atoms with E-state index in [0.717, 1.165) is 30.6 Å². The molecule has 0 radical (unpaired) electrons. The summed E-state index contributed by atoms with van der Waals surface area (Å²) in [6.07, 6.45) is 6.98. The van der Waals surface area contributed by atoms with E-state index >= 15 is 0 Å². The minimum Gasteiger partial charge on any atom is -0.375 e. The molecule has 1 aromatic carbocycles. The van der Waals surface area contributed by atoms with Crippen molar-refractivity contribution in [2.24, 2.45) is 5.92 Å². The largest absolute Gasteiger partial charge is 0.375 e. The van der Waals surface area contributed by atoms with Gasteiger partial charge in [0.15, 0.2) is 0 Å². The molecule has 2 fully saturated rings. The number of nitrogens with one attached hydrogen (secondary N) is 1. The molecule has 1 aromatic rings. The Labute approximate surface area is 127 Å². The topological polar surface area (TPSA) is 21.3 Å². The lowest BCUT2D eigenvalue weighted by molar-refractivity contribution is -0.0980. The molecular formula is C18H26FNO. The minimum atomic E-state index is -0.0821. The number of hydrogen-bond donors (Lipinski definition) is 1. The average Bonchev–Trinajstić information content (AvgIpc) is 2.90. The number of benzene rings is 1. The van der Waals surface area contributed by atoms with Gasteiger partial charge in [0, 0.05) is 18.2 Å². The lowest BCUT2D eigenvalue weighted by atomic mass is 9.78. The van der Waals surface area contributed by atoms with Crippen LogP contribution in [0.2, 0.25) is 0 Å². The van der Waals surface area contributed by atoms with Crippen molar-refractivity contribution in [1.82, 2.24) is 5.32 Å². The molecule has 0 aromatic heterocycles. The van der Waals surface area contributed by atoms with E-state index in [1.54, 1.807) is 6.07 Å². The zero-order valence-electron chi connectivity index (χ0n) is 13.1. The van der Waals surface area contributed by atoms with Gasteiger partial charge in [0.25, 0.3) is 0 Å². The van der Waals surface area contributed by atoms with E-state index in [-0.39, 0.29) is 17.5 Å². The molecule has 1 heterocycles. The highest BCUT2D eigenvalue weighted by atomic mass is 19.1. The Bertz CT molecular complexity index is 496. The van der Waals surface area contributed by atoms with Gasteiger partial charge in [-0.05, 0) is 57.2 Å². The first-order valence-corrected chi connectivity index (χ1v) is 8.21. The standard InChI is InChI=1S/C18H26FNO/c1-13-5-6-15(16(19)11-13)17(20-2)14-7-10-21-18(12-14)8-3-4-9-18/h5-6,11,14,17,20H,3-4,7-10,12H2,1-2H3. The molecule has 21 heavy (non-hydrogen) atoms. The van der Waals surface area contributed by atoms with E-state index in [1.165, 1.54) is 25.7 Å². The van der Waals surface area contributed by atoms with E-state index in [1.807, 2.05) is 26.1 Å². The van der Waals surface area contributed by atoms with Crippen LogP contribution in [0, 0.1) is 18.7 Å². The third-order valence-corrected chi connectivity index (χ3v) is 5.32. The molecule has 2 aliphatic rings. The smallest absolute Gasteiger partial charge is 0.128 e. The van der Waals surface area contributed by atoms with Gasteiger partial charge in [0.05, 0.1) is 5.60 Å². The number of halogens is 1. The third kappa shape index (κ3) is 3.00. The van der Waals surface area contributed by atoms with Crippen LogP contribution >= 0.6 is 0 Å². The number of aryl methyl sites for hydroxylation is 1. The predicted molar refractivity (Wildman–Crippen MR) is 82.8 cm³/mol. The average molecular weight is 291 g/mol. The maximum atomic E-state index is 14.3. The van der Waals surface area contributed by atoms with Crippen molar-refractivity contribution in [3.8, 4) is 0 Å². The Kier molecular flexibility index (Phi) is 4.32. The molecule has 1 aliphatic carbocycles. The van der Waals surface area contributed by atoms with Crippen molar-refractivity contribution < 1.29 is 9.13 Å². The molecule has 2 atom stereocenters. The van der Waals surface area contributed by atoms with Crippen LogP contribution in [0.1, 0.15) is 55.7 Å². The molecule has 1 saturated heterocycles. The fourth-order valence-electron chi connectivity index (χ4n) is 4.25. The van der Waals surface area contributed by atoms with Crippen molar-refractivity contribution in [3.63, 3.8) is 0 Å². The molecule has 1 N–H and O–H groups in total. The van der Waals surface area contributed by atoms with Crippen LogP contribution in [-0.4, -0.2) is 19.3 Å². The predicted octanol–water partition coefficient (Wildman–Crippen LogP) is 4.13. The molecule has 3 heteroatoms. The normalized spacial score (nSPS) is 26.1. The second kappa shape index (κ2) is 6.05. The van der Waals surface area contributed by atoms with Crippen LogP contribution in [0.5, 0.6) is 0 Å². The second-order valence-electron chi connectivity index (χ2n) is 6.78. The first kappa shape index (κ1) is 15.0. The molecule has 3 rings (SSSR count). The summed E-state index contributed by atoms with van der Waals surface area (Å²) in [7, 11) is 1.95. The third-order valence-electron chi connectivity index (χ3n) is 5.32. The van der Waals surface area contributed by atoms with Crippen molar-refractivity contribution >= 4 is 0 Å². The highest BCUT2D eigenvalue weighted by Gasteiger charge is 2.42. The minimum absolute atomic E-state index is 0.0821. The van der Waals surface area contributed by atoms with Gasteiger partial charge in [-0.3, -0.25) is 0 Å².